The van der Waals surface area contributed by atoms with Gasteiger partial charge < -0.3 is 14.6 Å². The molecule has 0 amide bonds. The number of aliphatic carboxylic acids is 1. The van der Waals surface area contributed by atoms with Gasteiger partial charge in [0, 0.05) is 0 Å². The Morgan fingerprint density at radius 1 is 0.926 bits per heavy atom. The molecule has 1 N–H and O–H groups in total. The van der Waals surface area contributed by atoms with Crippen molar-refractivity contribution >= 4 is 5.97 Å². The van der Waals surface area contributed by atoms with Crippen LogP contribution < -0.4 is 9.47 Å². The lowest BCUT2D eigenvalue weighted by Gasteiger charge is -2.32. The second kappa shape index (κ2) is 7.31. The number of ether oxygens (including phenoxy) is 2. The number of alkyl halides is 10. The summed E-state index contributed by atoms with van der Waals surface area (Å²) < 4.78 is 135. The zero-order chi connectivity index (χ0) is 21.3. The van der Waals surface area contributed by atoms with E-state index >= 15 is 0 Å². The summed E-state index contributed by atoms with van der Waals surface area (Å²) in [6, 6.07) is 2.28. The van der Waals surface area contributed by atoms with Crippen LogP contribution in [0.3, 0.4) is 0 Å². The third-order valence-corrected chi connectivity index (χ3v) is 2.89. The monoisotopic (exact) mass is 418 g/mol. The van der Waals surface area contributed by atoms with E-state index in [1.807, 2.05) is 0 Å². The molecule has 1 aromatic rings. The van der Waals surface area contributed by atoms with Gasteiger partial charge in [-0.25, -0.2) is 13.6 Å². The van der Waals surface area contributed by atoms with E-state index in [0.29, 0.717) is 24.3 Å². The normalized spacial score (nSPS) is 13.6. The zero-order valence-electron chi connectivity index (χ0n) is 12.5. The summed E-state index contributed by atoms with van der Waals surface area (Å²) in [7, 11) is 0. The number of carboxylic acid groups (broad SMARTS) is 1. The van der Waals surface area contributed by atoms with Gasteiger partial charge in [-0.15, -0.1) is 0 Å². The first-order chi connectivity index (χ1) is 12.0. The number of hydrogen-bond donors (Lipinski definition) is 1. The maximum atomic E-state index is 13.3. The second-order valence-electron chi connectivity index (χ2n) is 4.89. The van der Waals surface area contributed by atoms with Gasteiger partial charge in [0.05, 0.1) is 0 Å². The number of hydrogen-bond acceptors (Lipinski definition) is 3. The lowest BCUT2D eigenvalue weighted by Crippen LogP contribution is -2.59. The molecule has 0 unspecified atom stereocenters. The molecule has 1 rings (SSSR count). The number of carboxylic acids is 1. The maximum Gasteiger partial charge on any atom is 0.501 e. The Labute approximate surface area is 143 Å². The molecule has 0 heterocycles. The van der Waals surface area contributed by atoms with Crippen molar-refractivity contribution in [3.63, 3.8) is 0 Å². The van der Waals surface area contributed by atoms with Crippen molar-refractivity contribution in [1.29, 1.82) is 0 Å². The van der Waals surface area contributed by atoms with Crippen molar-refractivity contribution in [2.45, 2.75) is 30.3 Å². The molecule has 154 valence electrons. The average Bonchev–Trinajstić information content (AvgIpc) is 2.53. The highest BCUT2D eigenvalue weighted by Gasteiger charge is 2.75. The van der Waals surface area contributed by atoms with Crippen molar-refractivity contribution in [3.8, 4) is 11.5 Å². The van der Waals surface area contributed by atoms with Gasteiger partial charge in [-0.3, -0.25) is 0 Å². The van der Waals surface area contributed by atoms with Gasteiger partial charge in [-0.2, -0.15) is 35.1 Å². The Bertz CT molecular complexity index is 660. The Balaban J connectivity index is 2.84. The smallest absolute Gasteiger partial charge is 0.487 e. The summed E-state index contributed by atoms with van der Waals surface area (Å²) in [5, 5.41) is 8.14. The number of carbonyl (C=O) groups is 1. The molecule has 0 fully saturated rings. The van der Waals surface area contributed by atoms with Crippen LogP contribution in [0, 0.1) is 0 Å². The van der Waals surface area contributed by atoms with Crippen LogP contribution >= 0.6 is 0 Å². The van der Waals surface area contributed by atoms with E-state index in [1.165, 1.54) is 0 Å². The highest BCUT2D eigenvalue weighted by atomic mass is 19.4. The lowest BCUT2D eigenvalue weighted by atomic mass is 10.1. The molecule has 0 saturated carbocycles. The molecule has 0 spiro atoms. The molecular weight excluding hydrogens is 410 g/mol. The van der Waals surface area contributed by atoms with Gasteiger partial charge in [0.25, 0.3) is 0 Å². The Hall–Kier alpha value is -2.41. The van der Waals surface area contributed by atoms with Gasteiger partial charge in [-0.05, 0) is 24.3 Å². The maximum absolute atomic E-state index is 13.3. The molecule has 0 aliphatic heterocycles. The van der Waals surface area contributed by atoms with E-state index in [0.717, 1.165) is 0 Å². The fourth-order valence-electron chi connectivity index (χ4n) is 1.44. The Morgan fingerprint density at radius 3 is 1.78 bits per heavy atom. The van der Waals surface area contributed by atoms with E-state index in [2.05, 4.69) is 9.47 Å². The molecule has 0 atom stereocenters. The van der Waals surface area contributed by atoms with Gasteiger partial charge in [0.2, 0.25) is 0 Å². The van der Waals surface area contributed by atoms with Crippen molar-refractivity contribution in [2.24, 2.45) is 0 Å². The predicted octanol–water partition coefficient (Wildman–Crippen LogP) is 4.29. The highest BCUT2D eigenvalue weighted by Crippen LogP contribution is 2.48. The largest absolute Gasteiger partial charge is 0.501 e. The molecule has 1 aromatic carbocycles. The highest BCUT2D eigenvalue weighted by molar-refractivity contribution is 5.73. The molecular formula is C13H8F10O4. The predicted molar refractivity (Wildman–Crippen MR) is 66.0 cm³/mol. The molecule has 0 saturated heterocycles. The van der Waals surface area contributed by atoms with Crippen LogP contribution in [0.2, 0.25) is 0 Å². The average molecular weight is 418 g/mol. The summed E-state index contributed by atoms with van der Waals surface area (Å²) in [6.45, 7) is -2.45. The third-order valence-electron chi connectivity index (χ3n) is 2.89. The van der Waals surface area contributed by atoms with Crippen LogP contribution in [0.1, 0.15) is 0 Å². The standard InChI is InChI=1S/C13H8F10O4/c14-8(15)11(18,19)13(22,23)10(16,17)5-26-6-1-3-7(4-2-6)27-12(20,21)9(24)25/h1-4,8H,5H2,(H,24,25). The first-order valence-electron chi connectivity index (χ1n) is 6.49. The molecule has 14 heteroatoms. The van der Waals surface area contributed by atoms with Gasteiger partial charge in [0.15, 0.2) is 6.61 Å². The number of benzene rings is 1. The fraction of sp³-hybridized carbons (Fsp3) is 0.462. The molecule has 0 bridgehead atoms. The quantitative estimate of drug-likeness (QED) is 0.608. The fourth-order valence-corrected chi connectivity index (χ4v) is 1.44. The second-order valence-corrected chi connectivity index (χ2v) is 4.89. The van der Waals surface area contributed by atoms with E-state index in [9.17, 15) is 48.7 Å². The van der Waals surface area contributed by atoms with Crippen LogP contribution in [-0.4, -0.2) is 48.0 Å². The molecule has 4 nitrogen and oxygen atoms in total. The van der Waals surface area contributed by atoms with E-state index in [4.69, 9.17) is 5.11 Å². The van der Waals surface area contributed by atoms with Crippen LogP contribution in [0.15, 0.2) is 24.3 Å². The van der Waals surface area contributed by atoms with Crippen molar-refractivity contribution in [2.75, 3.05) is 6.61 Å². The van der Waals surface area contributed by atoms with Crippen LogP contribution in [-0.2, 0) is 4.79 Å². The minimum atomic E-state index is -6.46. The SMILES string of the molecule is O=C(O)C(F)(F)Oc1ccc(OCC(F)(F)C(F)(F)C(F)(F)C(F)F)cc1. The van der Waals surface area contributed by atoms with Crippen LogP contribution in [0.5, 0.6) is 11.5 Å². The van der Waals surface area contributed by atoms with Crippen LogP contribution in [0.25, 0.3) is 0 Å². The van der Waals surface area contributed by atoms with Gasteiger partial charge >= 0.3 is 36.3 Å². The third kappa shape index (κ3) is 4.66. The van der Waals surface area contributed by atoms with E-state index in [1.54, 1.807) is 0 Å². The van der Waals surface area contributed by atoms with Crippen LogP contribution in [0.4, 0.5) is 43.9 Å². The summed E-state index contributed by atoms with van der Waals surface area (Å²) in [5.74, 6) is -22.7. The first-order valence-corrected chi connectivity index (χ1v) is 6.49. The minimum Gasteiger partial charge on any atom is -0.487 e. The molecule has 27 heavy (non-hydrogen) atoms. The van der Waals surface area contributed by atoms with Gasteiger partial charge in [0.1, 0.15) is 11.5 Å². The van der Waals surface area contributed by atoms with Crippen molar-refractivity contribution < 1.29 is 63.3 Å². The molecule has 0 aromatic heterocycles. The zero-order valence-corrected chi connectivity index (χ0v) is 12.5. The van der Waals surface area contributed by atoms with Crippen molar-refractivity contribution in [1.82, 2.24) is 0 Å². The topological polar surface area (TPSA) is 55.8 Å². The van der Waals surface area contributed by atoms with Gasteiger partial charge in [-0.1, -0.05) is 0 Å². The molecule has 0 aliphatic carbocycles. The minimum absolute atomic E-state index is 0.566. The summed E-state index contributed by atoms with van der Waals surface area (Å²) in [4.78, 5) is 10.2. The lowest BCUT2D eigenvalue weighted by molar-refractivity contribution is -0.342. The van der Waals surface area contributed by atoms with E-state index in [-0.39, 0.29) is 0 Å². The number of halogens is 10. The van der Waals surface area contributed by atoms with E-state index < -0.39 is 54.4 Å². The number of rotatable bonds is 9. The molecule has 0 radical (unpaired) electrons. The Kier molecular flexibility index (Phi) is 6.12. The summed E-state index contributed by atoms with van der Waals surface area (Å²) in [5.41, 5.74) is 0. The van der Waals surface area contributed by atoms with Crippen molar-refractivity contribution in [3.05, 3.63) is 24.3 Å². The Morgan fingerprint density at radius 2 is 1.37 bits per heavy atom. The summed E-state index contributed by atoms with van der Waals surface area (Å²) in [6.07, 6.45) is -9.72. The molecule has 0 aliphatic rings. The summed E-state index contributed by atoms with van der Waals surface area (Å²) >= 11 is 0. The first kappa shape index (κ1) is 22.6.